The molecule has 0 aliphatic heterocycles. The third-order valence-electron chi connectivity index (χ3n) is 3.57. The number of ether oxygens (including phenoxy) is 1. The van der Waals surface area contributed by atoms with Crippen LogP contribution in [0.15, 0.2) is 30.3 Å². The molecule has 3 nitrogen and oxygen atoms in total. The monoisotopic (exact) mass is 264 g/mol. The number of hydrogen-bond acceptors (Lipinski definition) is 3. The lowest BCUT2D eigenvalue weighted by molar-refractivity contribution is 0.126. The van der Waals surface area contributed by atoms with Gasteiger partial charge in [0, 0.05) is 32.3 Å². The van der Waals surface area contributed by atoms with Gasteiger partial charge < -0.3 is 10.1 Å². The summed E-state index contributed by atoms with van der Waals surface area (Å²) in [5.41, 5.74) is 1.36. The van der Waals surface area contributed by atoms with E-state index in [1.807, 2.05) is 7.05 Å². The molecule has 0 spiro atoms. The van der Waals surface area contributed by atoms with Gasteiger partial charge >= 0.3 is 0 Å². The zero-order chi connectivity index (χ0) is 14.1. The number of rotatable bonds is 9. The van der Waals surface area contributed by atoms with E-state index >= 15 is 0 Å². The molecule has 1 N–H and O–H groups in total. The van der Waals surface area contributed by atoms with Crippen molar-refractivity contribution >= 4 is 0 Å². The van der Waals surface area contributed by atoms with Crippen LogP contribution in [-0.4, -0.2) is 44.8 Å². The molecule has 0 aliphatic rings. The van der Waals surface area contributed by atoms with Crippen molar-refractivity contribution in [3.05, 3.63) is 35.9 Å². The number of nitrogens with one attached hydrogen (secondary N) is 1. The normalized spacial score (nSPS) is 13.2. The van der Waals surface area contributed by atoms with Gasteiger partial charge in [-0.3, -0.25) is 4.90 Å². The average Bonchev–Trinajstić information content (AvgIpc) is 2.43. The van der Waals surface area contributed by atoms with Gasteiger partial charge in [-0.15, -0.1) is 0 Å². The highest BCUT2D eigenvalue weighted by Crippen LogP contribution is 2.16. The summed E-state index contributed by atoms with van der Waals surface area (Å²) in [5, 5.41) is 3.41. The van der Waals surface area contributed by atoms with Gasteiger partial charge in [0.25, 0.3) is 0 Å². The Morgan fingerprint density at radius 3 is 2.37 bits per heavy atom. The first-order valence-corrected chi connectivity index (χ1v) is 7.14. The second-order valence-corrected chi connectivity index (χ2v) is 5.16. The third-order valence-corrected chi connectivity index (χ3v) is 3.57. The Kier molecular flexibility index (Phi) is 7.72. The van der Waals surface area contributed by atoms with Crippen LogP contribution in [0.2, 0.25) is 0 Å². The fourth-order valence-electron chi connectivity index (χ4n) is 2.29. The predicted molar refractivity (Wildman–Crippen MR) is 81.4 cm³/mol. The van der Waals surface area contributed by atoms with Crippen LogP contribution in [0.3, 0.4) is 0 Å². The molecule has 0 aliphatic carbocycles. The van der Waals surface area contributed by atoms with E-state index < -0.39 is 0 Å². The van der Waals surface area contributed by atoms with Gasteiger partial charge in [0.2, 0.25) is 0 Å². The Morgan fingerprint density at radius 2 is 1.84 bits per heavy atom. The summed E-state index contributed by atoms with van der Waals surface area (Å²) in [6.45, 7) is 7.37. The molecule has 108 valence electrons. The van der Waals surface area contributed by atoms with Gasteiger partial charge in [0.1, 0.15) is 0 Å². The predicted octanol–water partition coefficient (Wildman–Crippen LogP) is 2.69. The topological polar surface area (TPSA) is 24.5 Å². The average molecular weight is 264 g/mol. The minimum absolute atomic E-state index is 0.421. The minimum Gasteiger partial charge on any atom is -0.383 e. The van der Waals surface area contributed by atoms with Crippen LogP contribution in [0.25, 0.3) is 0 Å². The van der Waals surface area contributed by atoms with E-state index in [0.717, 1.165) is 26.1 Å². The fraction of sp³-hybridized carbons (Fsp3) is 0.625. The summed E-state index contributed by atoms with van der Waals surface area (Å²) in [6.07, 6.45) is 1.11. The van der Waals surface area contributed by atoms with Crippen LogP contribution in [-0.2, 0) is 4.74 Å². The van der Waals surface area contributed by atoms with E-state index in [1.54, 1.807) is 7.11 Å². The van der Waals surface area contributed by atoms with Crippen LogP contribution >= 0.6 is 0 Å². The molecule has 0 aromatic heterocycles. The molecule has 0 fully saturated rings. The van der Waals surface area contributed by atoms with E-state index in [-0.39, 0.29) is 0 Å². The second-order valence-electron chi connectivity index (χ2n) is 5.16. The molecule has 1 unspecified atom stereocenters. The first kappa shape index (κ1) is 16.2. The molecule has 3 heteroatoms. The Balaban J connectivity index is 2.51. The first-order chi connectivity index (χ1) is 9.19. The van der Waals surface area contributed by atoms with Crippen molar-refractivity contribution in [1.29, 1.82) is 0 Å². The molecule has 0 saturated carbocycles. The molecular formula is C16H28N2O. The Hall–Kier alpha value is -0.900. The molecule has 0 bridgehead atoms. The van der Waals surface area contributed by atoms with Gasteiger partial charge in [-0.1, -0.05) is 30.3 Å². The number of nitrogens with zero attached hydrogens (tertiary/aromatic N) is 1. The van der Waals surface area contributed by atoms with Gasteiger partial charge in [-0.05, 0) is 32.9 Å². The van der Waals surface area contributed by atoms with Crippen molar-refractivity contribution < 1.29 is 4.74 Å². The van der Waals surface area contributed by atoms with Crippen LogP contribution in [0, 0.1) is 0 Å². The van der Waals surface area contributed by atoms with E-state index in [9.17, 15) is 0 Å². The van der Waals surface area contributed by atoms with Crippen LogP contribution < -0.4 is 5.32 Å². The van der Waals surface area contributed by atoms with Crippen molar-refractivity contribution in [3.8, 4) is 0 Å². The molecule has 0 amide bonds. The SMILES string of the molecule is CNC(CCN(CCOC)C(C)C)c1ccccc1. The Labute approximate surface area is 118 Å². The summed E-state index contributed by atoms with van der Waals surface area (Å²) < 4.78 is 5.18. The molecule has 1 aromatic rings. The molecule has 1 rings (SSSR count). The van der Waals surface area contributed by atoms with Crippen molar-refractivity contribution in [2.45, 2.75) is 32.4 Å². The Bertz CT molecular complexity index is 327. The number of methoxy groups -OCH3 is 1. The highest BCUT2D eigenvalue weighted by molar-refractivity contribution is 5.18. The molecule has 1 atom stereocenters. The first-order valence-electron chi connectivity index (χ1n) is 7.14. The number of benzene rings is 1. The summed E-state index contributed by atoms with van der Waals surface area (Å²) in [6, 6.07) is 11.6. The van der Waals surface area contributed by atoms with Crippen LogP contribution in [0.1, 0.15) is 31.9 Å². The van der Waals surface area contributed by atoms with Crippen molar-refractivity contribution in [2.75, 3.05) is 33.9 Å². The number of hydrogen-bond donors (Lipinski definition) is 1. The van der Waals surface area contributed by atoms with Crippen LogP contribution in [0.5, 0.6) is 0 Å². The van der Waals surface area contributed by atoms with Crippen molar-refractivity contribution in [3.63, 3.8) is 0 Å². The smallest absolute Gasteiger partial charge is 0.0589 e. The van der Waals surface area contributed by atoms with Gasteiger partial charge in [-0.2, -0.15) is 0 Å². The van der Waals surface area contributed by atoms with E-state index in [0.29, 0.717) is 12.1 Å². The van der Waals surface area contributed by atoms with Gasteiger partial charge in [0.15, 0.2) is 0 Å². The summed E-state index contributed by atoms with van der Waals surface area (Å²) in [7, 11) is 3.80. The van der Waals surface area contributed by atoms with Gasteiger partial charge in [-0.25, -0.2) is 0 Å². The summed E-state index contributed by atoms with van der Waals surface area (Å²) in [4.78, 5) is 2.47. The molecule has 1 aromatic carbocycles. The maximum Gasteiger partial charge on any atom is 0.0589 e. The largest absolute Gasteiger partial charge is 0.383 e. The van der Waals surface area contributed by atoms with E-state index in [4.69, 9.17) is 4.74 Å². The quantitative estimate of drug-likeness (QED) is 0.742. The molecule has 0 saturated heterocycles. The lowest BCUT2D eigenvalue weighted by Crippen LogP contribution is -2.36. The minimum atomic E-state index is 0.421. The maximum absolute atomic E-state index is 5.18. The molecular weight excluding hydrogens is 236 g/mol. The Morgan fingerprint density at radius 1 is 1.16 bits per heavy atom. The highest BCUT2D eigenvalue weighted by Gasteiger charge is 2.13. The van der Waals surface area contributed by atoms with Crippen molar-refractivity contribution in [1.82, 2.24) is 10.2 Å². The lowest BCUT2D eigenvalue weighted by atomic mass is 10.0. The standard InChI is InChI=1S/C16H28N2O/c1-14(2)18(12-13-19-4)11-10-16(17-3)15-8-6-5-7-9-15/h5-9,14,16-17H,10-13H2,1-4H3. The molecule has 0 radical (unpaired) electrons. The highest BCUT2D eigenvalue weighted by atomic mass is 16.5. The second kappa shape index (κ2) is 9.08. The van der Waals surface area contributed by atoms with E-state index in [2.05, 4.69) is 54.4 Å². The summed E-state index contributed by atoms with van der Waals surface area (Å²) >= 11 is 0. The summed E-state index contributed by atoms with van der Waals surface area (Å²) in [5.74, 6) is 0. The van der Waals surface area contributed by atoms with Crippen molar-refractivity contribution in [2.24, 2.45) is 0 Å². The fourth-order valence-corrected chi connectivity index (χ4v) is 2.29. The zero-order valence-corrected chi connectivity index (χ0v) is 12.7. The maximum atomic E-state index is 5.18. The van der Waals surface area contributed by atoms with Crippen LogP contribution in [0.4, 0.5) is 0 Å². The lowest BCUT2D eigenvalue weighted by Gasteiger charge is -2.28. The molecule has 0 heterocycles. The van der Waals surface area contributed by atoms with Gasteiger partial charge in [0.05, 0.1) is 6.61 Å². The third kappa shape index (κ3) is 5.72. The molecule has 19 heavy (non-hydrogen) atoms. The van der Waals surface area contributed by atoms with E-state index in [1.165, 1.54) is 5.56 Å². The zero-order valence-electron chi connectivity index (χ0n) is 12.7.